The van der Waals surface area contributed by atoms with Gasteiger partial charge in [0.2, 0.25) is 0 Å². The van der Waals surface area contributed by atoms with Crippen LogP contribution in [0.3, 0.4) is 0 Å². The van der Waals surface area contributed by atoms with Crippen LogP contribution in [0.1, 0.15) is 34.1 Å². The normalized spacial score (nSPS) is 10.6. The maximum atomic E-state index is 12.3. The summed E-state index contributed by atoms with van der Waals surface area (Å²) in [6.45, 7) is 4.06. The van der Waals surface area contributed by atoms with E-state index in [0.29, 0.717) is 6.42 Å². The molecule has 0 aliphatic heterocycles. The lowest BCUT2D eigenvalue weighted by Gasteiger charge is -2.04. The highest BCUT2D eigenvalue weighted by Gasteiger charge is 2.15. The number of rotatable bonds is 4. The topological polar surface area (TPSA) is 34.9 Å². The van der Waals surface area contributed by atoms with Crippen LogP contribution in [-0.4, -0.2) is 15.6 Å². The number of Topliss-reactive ketones (excluding diaryl/α,β-unsaturated/α-hetero) is 1. The minimum absolute atomic E-state index is 0.147. The predicted octanol–water partition coefficient (Wildman–Crippen LogP) is 2.72. The first-order chi connectivity index (χ1) is 8.61. The van der Waals surface area contributed by atoms with Crippen LogP contribution in [0.5, 0.6) is 0 Å². The molecule has 2 rings (SSSR count). The highest BCUT2D eigenvalue weighted by atomic mass is 16.1. The molecule has 1 heterocycles. The Kier molecular flexibility index (Phi) is 3.60. The van der Waals surface area contributed by atoms with Gasteiger partial charge in [0.1, 0.15) is 0 Å². The van der Waals surface area contributed by atoms with E-state index in [0.717, 1.165) is 28.8 Å². The van der Waals surface area contributed by atoms with Crippen LogP contribution in [0.2, 0.25) is 0 Å². The van der Waals surface area contributed by atoms with Crippen molar-refractivity contribution in [3.8, 4) is 0 Å². The molecule has 0 radical (unpaired) electrons. The lowest BCUT2D eigenvalue weighted by Crippen LogP contribution is -2.06. The summed E-state index contributed by atoms with van der Waals surface area (Å²) in [5, 5.41) is 4.31. The van der Waals surface area contributed by atoms with Crippen molar-refractivity contribution in [3.63, 3.8) is 0 Å². The van der Waals surface area contributed by atoms with Gasteiger partial charge < -0.3 is 0 Å². The van der Waals surface area contributed by atoms with Crippen LogP contribution >= 0.6 is 0 Å². The lowest BCUT2D eigenvalue weighted by molar-refractivity contribution is 0.0992. The Bertz CT molecular complexity index is 570. The van der Waals surface area contributed by atoms with E-state index in [1.807, 2.05) is 51.4 Å². The van der Waals surface area contributed by atoms with E-state index in [-0.39, 0.29) is 5.78 Å². The first-order valence-electron chi connectivity index (χ1n) is 6.22. The van der Waals surface area contributed by atoms with E-state index < -0.39 is 0 Å². The molecule has 0 amide bonds. The van der Waals surface area contributed by atoms with Crippen LogP contribution in [0.25, 0.3) is 0 Å². The van der Waals surface area contributed by atoms with Crippen LogP contribution < -0.4 is 0 Å². The highest BCUT2D eigenvalue weighted by Crippen LogP contribution is 2.14. The van der Waals surface area contributed by atoms with Gasteiger partial charge in [0.15, 0.2) is 5.78 Å². The van der Waals surface area contributed by atoms with Crippen molar-refractivity contribution in [1.29, 1.82) is 0 Å². The van der Waals surface area contributed by atoms with Gasteiger partial charge >= 0.3 is 0 Å². The largest absolute Gasteiger partial charge is 0.294 e. The number of aryl methyl sites for hydroxylation is 3. The van der Waals surface area contributed by atoms with Crippen molar-refractivity contribution in [2.45, 2.75) is 26.7 Å². The number of hydrogen-bond acceptors (Lipinski definition) is 2. The molecule has 0 atom stereocenters. The van der Waals surface area contributed by atoms with Crippen molar-refractivity contribution in [2.75, 3.05) is 0 Å². The Labute approximate surface area is 107 Å². The van der Waals surface area contributed by atoms with Gasteiger partial charge in [0.05, 0.1) is 11.3 Å². The molecule has 0 unspecified atom stereocenters. The van der Waals surface area contributed by atoms with Crippen LogP contribution in [-0.2, 0) is 19.9 Å². The number of hydrogen-bond donors (Lipinski definition) is 0. The molecular weight excluding hydrogens is 224 g/mol. The van der Waals surface area contributed by atoms with Crippen LogP contribution in [0.4, 0.5) is 0 Å². The predicted molar refractivity (Wildman–Crippen MR) is 71.8 cm³/mol. The number of nitrogens with zero attached hydrogens (tertiary/aromatic N) is 2. The molecule has 0 bridgehead atoms. The second-order valence-corrected chi connectivity index (χ2v) is 4.54. The maximum absolute atomic E-state index is 12.3. The molecule has 1 aromatic carbocycles. The van der Waals surface area contributed by atoms with Crippen molar-refractivity contribution in [3.05, 3.63) is 52.8 Å². The van der Waals surface area contributed by atoms with Crippen molar-refractivity contribution < 1.29 is 4.79 Å². The zero-order valence-corrected chi connectivity index (χ0v) is 11.1. The molecule has 0 fully saturated rings. The third-order valence-corrected chi connectivity index (χ3v) is 3.15. The van der Waals surface area contributed by atoms with Gasteiger partial charge in [-0.2, -0.15) is 5.10 Å². The molecule has 0 saturated heterocycles. The summed E-state index contributed by atoms with van der Waals surface area (Å²) in [5.74, 6) is 0.147. The number of carbonyl (C=O) groups excluding carboxylic acids is 1. The molecule has 1 aromatic heterocycles. The third-order valence-electron chi connectivity index (χ3n) is 3.15. The number of carbonyl (C=O) groups is 1. The van der Waals surface area contributed by atoms with E-state index >= 15 is 0 Å². The Balaban J connectivity index is 2.25. The van der Waals surface area contributed by atoms with Gasteiger partial charge in [0, 0.05) is 19.7 Å². The van der Waals surface area contributed by atoms with E-state index in [4.69, 9.17) is 0 Å². The Morgan fingerprint density at radius 2 is 2.06 bits per heavy atom. The minimum Gasteiger partial charge on any atom is -0.294 e. The Morgan fingerprint density at radius 1 is 1.33 bits per heavy atom. The van der Waals surface area contributed by atoms with Gasteiger partial charge in [0.25, 0.3) is 0 Å². The Morgan fingerprint density at radius 3 is 2.72 bits per heavy atom. The van der Waals surface area contributed by atoms with Gasteiger partial charge in [-0.25, -0.2) is 0 Å². The molecule has 2 aromatic rings. The SMILES string of the molecule is CCc1nn(C)cc1C(=O)Cc1ccccc1C. The van der Waals surface area contributed by atoms with Gasteiger partial charge in [-0.05, 0) is 24.5 Å². The van der Waals surface area contributed by atoms with Crippen LogP contribution in [0.15, 0.2) is 30.5 Å². The minimum atomic E-state index is 0.147. The molecule has 94 valence electrons. The fourth-order valence-corrected chi connectivity index (χ4v) is 2.11. The fourth-order valence-electron chi connectivity index (χ4n) is 2.11. The van der Waals surface area contributed by atoms with Crippen molar-refractivity contribution in [1.82, 2.24) is 9.78 Å². The van der Waals surface area contributed by atoms with Gasteiger partial charge in [-0.15, -0.1) is 0 Å². The Hall–Kier alpha value is -1.90. The summed E-state index contributed by atoms with van der Waals surface area (Å²) in [5.41, 5.74) is 3.89. The molecule has 0 saturated carbocycles. The first-order valence-corrected chi connectivity index (χ1v) is 6.22. The molecule has 3 nitrogen and oxygen atoms in total. The van der Waals surface area contributed by atoms with Gasteiger partial charge in [-0.3, -0.25) is 9.48 Å². The summed E-state index contributed by atoms with van der Waals surface area (Å²) in [7, 11) is 1.85. The standard InChI is InChI=1S/C15H18N2O/c1-4-14-13(10-17(3)16-14)15(18)9-12-8-6-5-7-11(12)2/h5-8,10H,4,9H2,1-3H3. The quantitative estimate of drug-likeness (QED) is 0.773. The van der Waals surface area contributed by atoms with Gasteiger partial charge in [-0.1, -0.05) is 31.2 Å². The average molecular weight is 242 g/mol. The maximum Gasteiger partial charge on any atom is 0.170 e. The monoisotopic (exact) mass is 242 g/mol. The first kappa shape index (κ1) is 12.6. The van der Waals surface area contributed by atoms with E-state index in [9.17, 15) is 4.79 Å². The summed E-state index contributed by atoms with van der Waals surface area (Å²) in [6.07, 6.45) is 3.06. The summed E-state index contributed by atoms with van der Waals surface area (Å²) in [4.78, 5) is 12.3. The van der Waals surface area contributed by atoms with E-state index in [1.165, 1.54) is 0 Å². The molecule has 0 aliphatic carbocycles. The fraction of sp³-hybridized carbons (Fsp3) is 0.333. The summed E-state index contributed by atoms with van der Waals surface area (Å²) >= 11 is 0. The molecule has 18 heavy (non-hydrogen) atoms. The second kappa shape index (κ2) is 5.17. The smallest absolute Gasteiger partial charge is 0.170 e. The average Bonchev–Trinajstić information content (AvgIpc) is 2.73. The van der Waals surface area contributed by atoms with E-state index in [2.05, 4.69) is 5.10 Å². The second-order valence-electron chi connectivity index (χ2n) is 4.54. The summed E-state index contributed by atoms with van der Waals surface area (Å²) in [6, 6.07) is 8.01. The number of aromatic nitrogens is 2. The highest BCUT2D eigenvalue weighted by molar-refractivity contribution is 5.98. The lowest BCUT2D eigenvalue weighted by atomic mass is 9.99. The van der Waals surface area contributed by atoms with Crippen molar-refractivity contribution in [2.24, 2.45) is 7.05 Å². The molecule has 0 aliphatic rings. The third kappa shape index (κ3) is 2.50. The van der Waals surface area contributed by atoms with Crippen molar-refractivity contribution >= 4 is 5.78 Å². The van der Waals surface area contributed by atoms with Crippen LogP contribution in [0, 0.1) is 6.92 Å². The molecule has 3 heteroatoms. The van der Waals surface area contributed by atoms with E-state index in [1.54, 1.807) is 4.68 Å². The number of ketones is 1. The zero-order valence-electron chi connectivity index (χ0n) is 11.1. The number of benzene rings is 1. The molecule has 0 N–H and O–H groups in total. The zero-order chi connectivity index (χ0) is 13.1. The summed E-state index contributed by atoms with van der Waals surface area (Å²) < 4.78 is 1.71. The molecule has 0 spiro atoms. The molecular formula is C15H18N2O.